The summed E-state index contributed by atoms with van der Waals surface area (Å²) in [6.07, 6.45) is 1.59. The number of aromatic nitrogens is 3. The van der Waals surface area contributed by atoms with Crippen LogP contribution in [0.3, 0.4) is 0 Å². The van der Waals surface area contributed by atoms with E-state index < -0.39 is 17.2 Å². The highest BCUT2D eigenvalue weighted by atomic mass is 32.2. The molecule has 1 atom stereocenters. The first-order chi connectivity index (χ1) is 12.5. The summed E-state index contributed by atoms with van der Waals surface area (Å²) in [6, 6.07) is 12.4. The molecule has 1 aromatic carbocycles. The predicted octanol–water partition coefficient (Wildman–Crippen LogP) is 2.26. The number of hydrogen-bond donors (Lipinski definition) is 2. The maximum absolute atomic E-state index is 12.0. The molecule has 0 saturated carbocycles. The SMILES string of the molecule is CC(Sc1nnc(-c2ccccc2)n1Cc1ccco1)C(=O)NC(N)=O. The van der Waals surface area contributed by atoms with E-state index in [4.69, 9.17) is 10.2 Å². The van der Waals surface area contributed by atoms with Gasteiger partial charge in [-0.1, -0.05) is 42.1 Å². The van der Waals surface area contributed by atoms with Gasteiger partial charge in [-0.05, 0) is 19.1 Å². The van der Waals surface area contributed by atoms with E-state index in [0.717, 1.165) is 11.3 Å². The number of nitrogens with zero attached hydrogens (tertiary/aromatic N) is 3. The summed E-state index contributed by atoms with van der Waals surface area (Å²) in [6.45, 7) is 2.08. The minimum absolute atomic E-state index is 0.413. The van der Waals surface area contributed by atoms with E-state index >= 15 is 0 Å². The van der Waals surface area contributed by atoms with Crippen LogP contribution >= 0.6 is 11.8 Å². The van der Waals surface area contributed by atoms with Crippen molar-refractivity contribution in [2.45, 2.75) is 23.9 Å². The molecule has 1 unspecified atom stereocenters. The third-order valence-corrected chi connectivity index (χ3v) is 4.62. The number of primary amides is 1. The topological polar surface area (TPSA) is 116 Å². The minimum Gasteiger partial charge on any atom is -0.467 e. The van der Waals surface area contributed by atoms with E-state index in [2.05, 4.69) is 15.5 Å². The average Bonchev–Trinajstić information content (AvgIpc) is 3.26. The molecule has 0 bridgehead atoms. The Kier molecular flexibility index (Phi) is 5.37. The summed E-state index contributed by atoms with van der Waals surface area (Å²) in [4.78, 5) is 22.8. The van der Waals surface area contributed by atoms with E-state index in [1.165, 1.54) is 11.8 Å². The molecule has 0 aliphatic carbocycles. The lowest BCUT2D eigenvalue weighted by atomic mass is 10.2. The molecule has 0 fully saturated rings. The lowest BCUT2D eigenvalue weighted by molar-refractivity contribution is -0.119. The van der Waals surface area contributed by atoms with Crippen molar-refractivity contribution >= 4 is 23.7 Å². The fourth-order valence-corrected chi connectivity index (χ4v) is 3.16. The second-order valence-corrected chi connectivity index (χ2v) is 6.76. The van der Waals surface area contributed by atoms with Gasteiger partial charge in [-0.25, -0.2) is 4.79 Å². The molecule has 9 heteroatoms. The molecule has 8 nitrogen and oxygen atoms in total. The molecule has 3 aromatic rings. The predicted molar refractivity (Wildman–Crippen MR) is 96.3 cm³/mol. The average molecular weight is 371 g/mol. The first kappa shape index (κ1) is 17.7. The Morgan fingerprint density at radius 3 is 2.65 bits per heavy atom. The molecule has 0 spiro atoms. The molecule has 26 heavy (non-hydrogen) atoms. The molecule has 0 aliphatic rings. The standard InChI is InChI=1S/C17H17N5O3S/c1-11(15(23)19-16(18)24)26-17-21-20-14(12-6-3-2-4-7-12)22(17)10-13-8-5-9-25-13/h2-9,11H,10H2,1H3,(H3,18,19,23,24). The first-order valence-corrected chi connectivity index (χ1v) is 8.70. The zero-order chi connectivity index (χ0) is 18.5. The molecule has 3 N–H and O–H groups in total. The molecule has 2 aromatic heterocycles. The van der Waals surface area contributed by atoms with E-state index in [9.17, 15) is 9.59 Å². The summed E-state index contributed by atoms with van der Waals surface area (Å²) in [5.74, 6) is 0.904. The van der Waals surface area contributed by atoms with Gasteiger partial charge in [0.15, 0.2) is 11.0 Å². The number of hydrogen-bond acceptors (Lipinski definition) is 6. The molecular formula is C17H17N5O3S. The van der Waals surface area contributed by atoms with E-state index in [-0.39, 0.29) is 0 Å². The van der Waals surface area contributed by atoms with Crippen LogP contribution in [-0.2, 0) is 11.3 Å². The van der Waals surface area contributed by atoms with E-state index in [1.54, 1.807) is 19.3 Å². The van der Waals surface area contributed by atoms with Crippen LogP contribution in [0.15, 0.2) is 58.3 Å². The number of imide groups is 1. The summed E-state index contributed by atoms with van der Waals surface area (Å²) in [7, 11) is 0. The number of furan rings is 1. The Labute approximate surface area is 153 Å². The largest absolute Gasteiger partial charge is 0.467 e. The minimum atomic E-state index is -0.885. The molecule has 0 aliphatic heterocycles. The van der Waals surface area contributed by atoms with E-state index in [1.807, 2.05) is 41.0 Å². The molecule has 0 saturated heterocycles. The van der Waals surface area contributed by atoms with Crippen molar-refractivity contribution in [1.29, 1.82) is 0 Å². The zero-order valence-corrected chi connectivity index (χ0v) is 14.8. The van der Waals surface area contributed by atoms with Gasteiger partial charge in [-0.15, -0.1) is 10.2 Å². The maximum atomic E-state index is 12.0. The van der Waals surface area contributed by atoms with Gasteiger partial charge in [-0.2, -0.15) is 0 Å². The molecule has 134 valence electrons. The summed E-state index contributed by atoms with van der Waals surface area (Å²) in [5.41, 5.74) is 5.90. The van der Waals surface area contributed by atoms with Gasteiger partial charge in [0.05, 0.1) is 18.1 Å². The fraction of sp³-hybridized carbons (Fsp3) is 0.176. The quantitative estimate of drug-likeness (QED) is 0.642. The van der Waals surface area contributed by atoms with Gasteiger partial charge in [0.2, 0.25) is 5.91 Å². The van der Waals surface area contributed by atoms with Crippen molar-refractivity contribution in [3.05, 3.63) is 54.5 Å². The van der Waals surface area contributed by atoms with Crippen molar-refractivity contribution in [2.24, 2.45) is 5.73 Å². The zero-order valence-electron chi connectivity index (χ0n) is 14.0. The first-order valence-electron chi connectivity index (χ1n) is 7.82. The van der Waals surface area contributed by atoms with Crippen LogP contribution < -0.4 is 11.1 Å². The molecule has 2 heterocycles. The number of carbonyl (C=O) groups is 2. The Morgan fingerprint density at radius 1 is 1.23 bits per heavy atom. The van der Waals surface area contributed by atoms with Crippen LogP contribution in [0.1, 0.15) is 12.7 Å². The lowest BCUT2D eigenvalue weighted by Crippen LogP contribution is -2.39. The maximum Gasteiger partial charge on any atom is 0.318 e. The fourth-order valence-electron chi connectivity index (χ4n) is 2.31. The number of amides is 3. The highest BCUT2D eigenvalue weighted by molar-refractivity contribution is 8.00. The second kappa shape index (κ2) is 7.87. The molecule has 0 radical (unpaired) electrons. The number of benzene rings is 1. The van der Waals surface area contributed by atoms with Gasteiger partial charge in [-0.3, -0.25) is 14.7 Å². The van der Waals surface area contributed by atoms with Gasteiger partial charge in [0, 0.05) is 5.56 Å². The Morgan fingerprint density at radius 2 is 2.00 bits per heavy atom. The second-order valence-electron chi connectivity index (χ2n) is 5.45. The van der Waals surface area contributed by atoms with Crippen LogP contribution in [-0.4, -0.2) is 32.0 Å². The highest BCUT2D eigenvalue weighted by Gasteiger charge is 2.22. The number of nitrogens with two attached hydrogens (primary N) is 1. The Bertz CT molecular complexity index is 893. The Hall–Kier alpha value is -3.07. The Balaban J connectivity index is 1.91. The lowest BCUT2D eigenvalue weighted by Gasteiger charge is -2.12. The summed E-state index contributed by atoms with van der Waals surface area (Å²) < 4.78 is 7.30. The van der Waals surface area contributed by atoms with Gasteiger partial charge in [0.25, 0.3) is 0 Å². The normalized spacial score (nSPS) is 11.9. The van der Waals surface area contributed by atoms with Crippen LogP contribution in [0.25, 0.3) is 11.4 Å². The van der Waals surface area contributed by atoms with Crippen LogP contribution in [0.5, 0.6) is 0 Å². The van der Waals surface area contributed by atoms with E-state index in [0.29, 0.717) is 17.5 Å². The van der Waals surface area contributed by atoms with Gasteiger partial charge < -0.3 is 10.2 Å². The third kappa shape index (κ3) is 4.12. The van der Waals surface area contributed by atoms with Crippen LogP contribution in [0.2, 0.25) is 0 Å². The number of rotatable bonds is 6. The number of nitrogens with one attached hydrogen (secondary N) is 1. The van der Waals surface area contributed by atoms with Crippen molar-refractivity contribution in [3.63, 3.8) is 0 Å². The monoisotopic (exact) mass is 371 g/mol. The summed E-state index contributed by atoms with van der Waals surface area (Å²) >= 11 is 1.19. The smallest absolute Gasteiger partial charge is 0.318 e. The van der Waals surface area contributed by atoms with Crippen LogP contribution in [0, 0.1) is 0 Å². The van der Waals surface area contributed by atoms with Crippen LogP contribution in [0.4, 0.5) is 4.79 Å². The molecular weight excluding hydrogens is 354 g/mol. The number of carbonyl (C=O) groups excluding carboxylic acids is 2. The third-order valence-electron chi connectivity index (χ3n) is 3.54. The van der Waals surface area contributed by atoms with Crippen molar-refractivity contribution in [2.75, 3.05) is 0 Å². The molecule has 3 rings (SSSR count). The van der Waals surface area contributed by atoms with Crippen molar-refractivity contribution in [3.8, 4) is 11.4 Å². The number of urea groups is 1. The van der Waals surface area contributed by atoms with Crippen molar-refractivity contribution < 1.29 is 14.0 Å². The molecule has 3 amide bonds. The highest BCUT2D eigenvalue weighted by Crippen LogP contribution is 2.27. The number of thioether (sulfide) groups is 1. The summed E-state index contributed by atoms with van der Waals surface area (Å²) in [5, 5.41) is 10.5. The van der Waals surface area contributed by atoms with Crippen molar-refractivity contribution in [1.82, 2.24) is 20.1 Å². The van der Waals surface area contributed by atoms with Gasteiger partial charge in [0.1, 0.15) is 5.76 Å². The van der Waals surface area contributed by atoms with Gasteiger partial charge >= 0.3 is 6.03 Å².